The molecule has 0 radical (unpaired) electrons. The van der Waals surface area contributed by atoms with Gasteiger partial charge in [-0.2, -0.15) is 0 Å². The largest absolute Gasteiger partial charge is 0.489 e. The third-order valence-electron chi connectivity index (χ3n) is 6.88. The summed E-state index contributed by atoms with van der Waals surface area (Å²) in [4.78, 5) is 42.2. The second-order valence-electron chi connectivity index (χ2n) is 10.2. The molecule has 2 amide bonds. The number of esters is 1. The van der Waals surface area contributed by atoms with E-state index >= 15 is 0 Å². The highest BCUT2D eigenvalue weighted by Gasteiger charge is 2.38. The first-order chi connectivity index (χ1) is 18.6. The summed E-state index contributed by atoms with van der Waals surface area (Å²) in [5, 5.41) is 3.01. The van der Waals surface area contributed by atoms with Crippen LogP contribution in [0.4, 0.5) is 4.79 Å². The second kappa shape index (κ2) is 14.0. The average Bonchev–Trinajstić information content (AvgIpc) is 2.92. The third kappa shape index (κ3) is 7.95. The van der Waals surface area contributed by atoms with Crippen LogP contribution in [0.15, 0.2) is 48.5 Å². The molecule has 39 heavy (non-hydrogen) atoms. The molecule has 0 aliphatic carbocycles. The zero-order chi connectivity index (χ0) is 28.5. The van der Waals surface area contributed by atoms with Crippen LogP contribution in [0.2, 0.25) is 0 Å². The molecule has 9 heteroatoms. The molecule has 0 bridgehead atoms. The standard InChI is InChI=1S/C30H41N3O6/c1-20(2)32(21(3)4)17-15-31-28(34)27-26-13-12-25(38-19-23-10-8-7-9-11-23)18-24(26)14-16-33(27)30(36)39-22(5)29(35)37-6/h7-13,18,20-22,27H,14-17,19H2,1-6H3,(H,31,34). The molecule has 1 N–H and O–H groups in total. The van der Waals surface area contributed by atoms with Gasteiger partial charge >= 0.3 is 12.1 Å². The van der Waals surface area contributed by atoms with Crippen molar-refractivity contribution in [3.63, 3.8) is 0 Å². The maximum absolute atomic E-state index is 13.6. The molecule has 0 saturated heterocycles. The number of hydrogen-bond acceptors (Lipinski definition) is 7. The van der Waals surface area contributed by atoms with E-state index in [1.165, 1.54) is 18.9 Å². The molecule has 2 aromatic rings. The molecule has 0 aromatic heterocycles. The van der Waals surface area contributed by atoms with Crippen LogP contribution in [0.1, 0.15) is 57.4 Å². The SMILES string of the molecule is COC(=O)C(C)OC(=O)N1CCc2cc(OCc3ccccc3)ccc2C1C(=O)NCCN(C(C)C)C(C)C. The fourth-order valence-corrected chi connectivity index (χ4v) is 4.86. The summed E-state index contributed by atoms with van der Waals surface area (Å²) in [5.74, 6) is -0.273. The number of ether oxygens (including phenoxy) is 3. The zero-order valence-electron chi connectivity index (χ0n) is 23.8. The molecule has 0 fully saturated rings. The van der Waals surface area contributed by atoms with Crippen molar-refractivity contribution in [2.45, 2.75) is 71.9 Å². The second-order valence-corrected chi connectivity index (χ2v) is 10.2. The van der Waals surface area contributed by atoms with Crippen LogP contribution in [0.5, 0.6) is 5.75 Å². The van der Waals surface area contributed by atoms with E-state index in [1.807, 2.05) is 48.5 Å². The molecule has 212 valence electrons. The number of carbonyl (C=O) groups is 3. The first-order valence-electron chi connectivity index (χ1n) is 13.5. The van der Waals surface area contributed by atoms with Gasteiger partial charge < -0.3 is 19.5 Å². The minimum absolute atomic E-state index is 0.254. The van der Waals surface area contributed by atoms with Gasteiger partial charge in [-0.25, -0.2) is 9.59 Å². The smallest absolute Gasteiger partial charge is 0.411 e. The Kier molecular flexibility index (Phi) is 10.7. The van der Waals surface area contributed by atoms with E-state index in [0.29, 0.717) is 49.5 Å². The van der Waals surface area contributed by atoms with Crippen molar-refractivity contribution < 1.29 is 28.6 Å². The van der Waals surface area contributed by atoms with E-state index in [4.69, 9.17) is 9.47 Å². The van der Waals surface area contributed by atoms with Gasteiger partial charge in [-0.15, -0.1) is 0 Å². The molecule has 0 saturated carbocycles. The zero-order valence-corrected chi connectivity index (χ0v) is 23.8. The van der Waals surface area contributed by atoms with Crippen molar-refractivity contribution in [3.05, 3.63) is 65.2 Å². The van der Waals surface area contributed by atoms with Crippen LogP contribution in [-0.4, -0.2) is 72.7 Å². The number of methoxy groups -OCH3 is 1. The Morgan fingerprint density at radius 1 is 1.03 bits per heavy atom. The monoisotopic (exact) mass is 539 g/mol. The van der Waals surface area contributed by atoms with Gasteiger partial charge in [0.25, 0.3) is 0 Å². The molecular formula is C30H41N3O6. The first kappa shape index (κ1) is 30.0. The molecule has 2 unspecified atom stereocenters. The minimum atomic E-state index is -1.09. The van der Waals surface area contributed by atoms with Crippen LogP contribution in [0.3, 0.4) is 0 Å². The van der Waals surface area contributed by atoms with Gasteiger partial charge in [-0.05, 0) is 69.9 Å². The molecule has 3 rings (SSSR count). The van der Waals surface area contributed by atoms with Crippen molar-refractivity contribution in [3.8, 4) is 5.75 Å². The van der Waals surface area contributed by atoms with Crippen LogP contribution in [-0.2, 0) is 32.1 Å². The van der Waals surface area contributed by atoms with E-state index in [-0.39, 0.29) is 12.5 Å². The number of benzene rings is 2. The normalized spacial score (nSPS) is 15.6. The number of nitrogens with one attached hydrogen (secondary N) is 1. The molecule has 1 aliphatic heterocycles. The van der Waals surface area contributed by atoms with Gasteiger partial charge in [0.15, 0.2) is 6.10 Å². The van der Waals surface area contributed by atoms with Gasteiger partial charge in [0, 0.05) is 31.7 Å². The van der Waals surface area contributed by atoms with Gasteiger partial charge in [0.05, 0.1) is 7.11 Å². The van der Waals surface area contributed by atoms with Crippen molar-refractivity contribution in [1.29, 1.82) is 0 Å². The first-order valence-corrected chi connectivity index (χ1v) is 13.5. The topological polar surface area (TPSA) is 97.4 Å². The summed E-state index contributed by atoms with van der Waals surface area (Å²) in [6, 6.07) is 15.2. The Hall–Kier alpha value is -3.59. The maximum Gasteiger partial charge on any atom is 0.411 e. The van der Waals surface area contributed by atoms with Gasteiger partial charge in [0.1, 0.15) is 18.4 Å². The van der Waals surface area contributed by atoms with Crippen LogP contribution in [0, 0.1) is 0 Å². The maximum atomic E-state index is 13.6. The van der Waals surface area contributed by atoms with E-state index < -0.39 is 24.2 Å². The molecule has 1 heterocycles. The summed E-state index contributed by atoms with van der Waals surface area (Å²) in [6.45, 7) is 11.7. The lowest BCUT2D eigenvalue weighted by molar-refractivity contribution is -0.150. The summed E-state index contributed by atoms with van der Waals surface area (Å²) in [5.41, 5.74) is 2.69. The number of amides is 2. The van der Waals surface area contributed by atoms with Gasteiger partial charge in [-0.1, -0.05) is 36.4 Å². The van der Waals surface area contributed by atoms with E-state index in [0.717, 1.165) is 11.1 Å². The van der Waals surface area contributed by atoms with E-state index in [9.17, 15) is 14.4 Å². The van der Waals surface area contributed by atoms with Gasteiger partial charge in [0.2, 0.25) is 5.91 Å². The fraction of sp³-hybridized carbons (Fsp3) is 0.500. The summed E-state index contributed by atoms with van der Waals surface area (Å²) in [6.07, 6.45) is -1.32. The highest BCUT2D eigenvalue weighted by Crippen LogP contribution is 2.33. The van der Waals surface area contributed by atoms with Crippen molar-refractivity contribution in [1.82, 2.24) is 15.1 Å². The van der Waals surface area contributed by atoms with Crippen LogP contribution in [0.25, 0.3) is 0 Å². The minimum Gasteiger partial charge on any atom is -0.489 e. The van der Waals surface area contributed by atoms with Crippen molar-refractivity contribution in [2.24, 2.45) is 0 Å². The predicted octanol–water partition coefficient (Wildman–Crippen LogP) is 4.10. The predicted molar refractivity (Wildman–Crippen MR) is 148 cm³/mol. The quantitative estimate of drug-likeness (QED) is 0.430. The molecular weight excluding hydrogens is 498 g/mol. The Balaban J connectivity index is 1.80. The number of fused-ring (bicyclic) bond motifs is 1. The summed E-state index contributed by atoms with van der Waals surface area (Å²) in [7, 11) is 1.23. The van der Waals surface area contributed by atoms with Crippen LogP contribution < -0.4 is 10.1 Å². The fourth-order valence-electron chi connectivity index (χ4n) is 4.86. The number of rotatable bonds is 11. The summed E-state index contributed by atoms with van der Waals surface area (Å²) < 4.78 is 16.0. The molecule has 0 spiro atoms. The number of carbonyl (C=O) groups excluding carboxylic acids is 3. The Morgan fingerprint density at radius 3 is 2.36 bits per heavy atom. The third-order valence-corrected chi connectivity index (χ3v) is 6.88. The highest BCUT2D eigenvalue weighted by molar-refractivity contribution is 5.88. The van der Waals surface area contributed by atoms with Crippen molar-refractivity contribution >= 4 is 18.0 Å². The van der Waals surface area contributed by atoms with Gasteiger partial charge in [-0.3, -0.25) is 14.6 Å². The van der Waals surface area contributed by atoms with E-state index in [2.05, 4.69) is 42.6 Å². The molecule has 2 aromatic carbocycles. The van der Waals surface area contributed by atoms with Crippen molar-refractivity contribution in [2.75, 3.05) is 26.7 Å². The van der Waals surface area contributed by atoms with E-state index in [1.54, 1.807) is 0 Å². The summed E-state index contributed by atoms with van der Waals surface area (Å²) >= 11 is 0. The molecule has 1 aliphatic rings. The lowest BCUT2D eigenvalue weighted by Crippen LogP contribution is -2.50. The lowest BCUT2D eigenvalue weighted by Gasteiger charge is -2.36. The highest BCUT2D eigenvalue weighted by atomic mass is 16.6. The average molecular weight is 540 g/mol. The number of hydrogen-bond donors (Lipinski definition) is 1. The lowest BCUT2D eigenvalue weighted by atomic mass is 9.92. The number of nitrogens with zero attached hydrogens (tertiary/aromatic N) is 2. The molecule has 9 nitrogen and oxygen atoms in total. The Labute approximate surface area is 231 Å². The van der Waals surface area contributed by atoms with Crippen LogP contribution >= 0.6 is 0 Å². The Bertz CT molecular complexity index is 1110. The molecule has 2 atom stereocenters. The Morgan fingerprint density at radius 2 is 1.72 bits per heavy atom.